The van der Waals surface area contributed by atoms with Crippen molar-refractivity contribution in [3.63, 3.8) is 0 Å². The highest BCUT2D eigenvalue weighted by molar-refractivity contribution is 6.52. The maximum Gasteiger partial charge on any atom is 0.300 e. The number of rotatable bonds is 3. The number of aliphatic hydroxyl groups is 1. The minimum atomic E-state index is -0.920. The molecule has 3 aromatic rings. The summed E-state index contributed by atoms with van der Waals surface area (Å²) >= 11 is 6.28. The Kier molecular flexibility index (Phi) is 4.59. The molecule has 3 heterocycles. The van der Waals surface area contributed by atoms with E-state index in [2.05, 4.69) is 0 Å². The Hall–Kier alpha value is -3.51. The molecule has 2 aliphatic heterocycles. The molecule has 1 atom stereocenters. The predicted molar refractivity (Wildman–Crippen MR) is 115 cm³/mol. The fourth-order valence-corrected chi connectivity index (χ4v) is 4.31. The van der Waals surface area contributed by atoms with E-state index in [1.54, 1.807) is 55.5 Å². The highest BCUT2D eigenvalue weighted by Crippen LogP contribution is 2.44. The summed E-state index contributed by atoms with van der Waals surface area (Å²) in [5.74, 6) is -0.664. The van der Waals surface area contributed by atoms with Crippen molar-refractivity contribution >= 4 is 34.7 Å². The monoisotopic (exact) mass is 435 g/mol. The lowest BCUT2D eigenvalue weighted by atomic mass is 9.97. The van der Waals surface area contributed by atoms with Crippen molar-refractivity contribution in [3.8, 4) is 5.75 Å². The number of anilines is 1. The highest BCUT2D eigenvalue weighted by Gasteiger charge is 2.48. The van der Waals surface area contributed by atoms with E-state index >= 15 is 0 Å². The Bertz CT molecular complexity index is 1240. The molecule has 6 nitrogen and oxygen atoms in total. The smallest absolute Gasteiger partial charge is 0.300 e. The van der Waals surface area contributed by atoms with Crippen LogP contribution in [0.1, 0.15) is 28.5 Å². The number of carbonyl (C=O) groups excluding carboxylic acids is 2. The first-order valence-electron chi connectivity index (χ1n) is 9.83. The van der Waals surface area contributed by atoms with Crippen LogP contribution in [0.5, 0.6) is 5.75 Å². The Labute approximate surface area is 183 Å². The summed E-state index contributed by atoms with van der Waals surface area (Å²) in [6.07, 6.45) is 2.18. The number of ether oxygens (including phenoxy) is 1. The maximum absolute atomic E-state index is 13.1. The number of furan rings is 1. The van der Waals surface area contributed by atoms with Gasteiger partial charge in [-0.1, -0.05) is 17.7 Å². The third-order valence-corrected chi connectivity index (χ3v) is 6.13. The highest BCUT2D eigenvalue weighted by atomic mass is 35.5. The number of halogens is 1. The molecule has 1 amide bonds. The summed E-state index contributed by atoms with van der Waals surface area (Å²) in [5.41, 5.74) is 2.49. The molecule has 5 rings (SSSR count). The van der Waals surface area contributed by atoms with Crippen molar-refractivity contribution in [1.29, 1.82) is 0 Å². The van der Waals surface area contributed by atoms with Gasteiger partial charge in [-0.15, -0.1) is 0 Å². The number of hydrogen-bond donors (Lipinski definition) is 1. The van der Waals surface area contributed by atoms with Crippen molar-refractivity contribution in [2.24, 2.45) is 0 Å². The average Bonchev–Trinajstić information content (AvgIpc) is 3.50. The van der Waals surface area contributed by atoms with Crippen molar-refractivity contribution in [2.75, 3.05) is 11.5 Å². The van der Waals surface area contributed by atoms with E-state index in [1.165, 1.54) is 11.2 Å². The second-order valence-corrected chi connectivity index (χ2v) is 7.90. The summed E-state index contributed by atoms with van der Waals surface area (Å²) in [6, 6.07) is 12.8. The molecule has 156 valence electrons. The molecule has 1 aromatic heterocycles. The first-order valence-corrected chi connectivity index (χ1v) is 10.2. The molecule has 31 heavy (non-hydrogen) atoms. The molecule has 0 saturated carbocycles. The fraction of sp³-hybridized carbons (Fsp3) is 0.167. The number of fused-ring (bicyclic) bond motifs is 1. The zero-order valence-corrected chi connectivity index (χ0v) is 17.3. The number of carbonyl (C=O) groups is 2. The second kappa shape index (κ2) is 7.32. The molecule has 2 aromatic carbocycles. The standard InChI is InChI=1S/C24H18ClNO5/c1-13-16(25)4-2-5-17(13)26-21(19-6-3-10-30-19)20(23(28)24(26)29)22(27)15-7-8-18-14(12-15)9-11-31-18/h2-8,10,12,21,27H,9,11H2,1H3/b22-20-. The number of hydrogen-bond acceptors (Lipinski definition) is 5. The summed E-state index contributed by atoms with van der Waals surface area (Å²) in [5, 5.41) is 11.6. The zero-order chi connectivity index (χ0) is 21.7. The quantitative estimate of drug-likeness (QED) is 0.363. The van der Waals surface area contributed by atoms with Gasteiger partial charge >= 0.3 is 0 Å². The number of amides is 1. The lowest BCUT2D eigenvalue weighted by Gasteiger charge is -2.25. The largest absolute Gasteiger partial charge is 0.507 e. The molecule has 1 unspecified atom stereocenters. The summed E-state index contributed by atoms with van der Waals surface area (Å²) in [7, 11) is 0. The van der Waals surface area contributed by atoms with Gasteiger partial charge < -0.3 is 14.3 Å². The van der Waals surface area contributed by atoms with Gasteiger partial charge in [-0.05, 0) is 60.5 Å². The summed E-state index contributed by atoms with van der Waals surface area (Å²) < 4.78 is 11.1. The van der Waals surface area contributed by atoms with Crippen LogP contribution in [0.25, 0.3) is 5.76 Å². The van der Waals surface area contributed by atoms with Crippen LogP contribution < -0.4 is 9.64 Å². The van der Waals surface area contributed by atoms with E-state index in [1.807, 2.05) is 0 Å². The van der Waals surface area contributed by atoms with E-state index in [-0.39, 0.29) is 11.3 Å². The topological polar surface area (TPSA) is 80.0 Å². The van der Waals surface area contributed by atoms with Crippen LogP contribution in [-0.2, 0) is 16.0 Å². The van der Waals surface area contributed by atoms with Crippen LogP contribution in [0.2, 0.25) is 5.02 Å². The van der Waals surface area contributed by atoms with Gasteiger partial charge in [0.2, 0.25) is 0 Å². The molecule has 0 radical (unpaired) electrons. The van der Waals surface area contributed by atoms with Gasteiger partial charge in [-0.25, -0.2) is 0 Å². The van der Waals surface area contributed by atoms with E-state index in [9.17, 15) is 14.7 Å². The van der Waals surface area contributed by atoms with Gasteiger partial charge in [0.05, 0.1) is 18.4 Å². The SMILES string of the molecule is Cc1c(Cl)cccc1N1C(=O)C(=O)/C(=C(\O)c2ccc3c(c2)CCO3)C1c1ccco1. The second-order valence-electron chi connectivity index (χ2n) is 7.49. The summed E-state index contributed by atoms with van der Waals surface area (Å²) in [6.45, 7) is 2.35. The average molecular weight is 436 g/mol. The molecule has 1 N–H and O–H groups in total. The minimum Gasteiger partial charge on any atom is -0.507 e. The molecule has 0 aliphatic carbocycles. The lowest BCUT2D eigenvalue weighted by Crippen LogP contribution is -2.30. The van der Waals surface area contributed by atoms with Crippen molar-refractivity contribution in [2.45, 2.75) is 19.4 Å². The molecule has 7 heteroatoms. The molecule has 0 spiro atoms. The molecular weight excluding hydrogens is 418 g/mol. The zero-order valence-electron chi connectivity index (χ0n) is 16.6. The summed E-state index contributed by atoms with van der Waals surface area (Å²) in [4.78, 5) is 27.6. The fourth-order valence-electron chi connectivity index (χ4n) is 4.14. The van der Waals surface area contributed by atoms with Crippen LogP contribution in [-0.4, -0.2) is 23.4 Å². The van der Waals surface area contributed by atoms with E-state index in [0.717, 1.165) is 11.3 Å². The van der Waals surface area contributed by atoms with Crippen molar-refractivity contribution in [3.05, 3.63) is 87.8 Å². The predicted octanol–water partition coefficient (Wildman–Crippen LogP) is 4.80. The van der Waals surface area contributed by atoms with E-state index < -0.39 is 17.7 Å². The normalized spacial score (nSPS) is 19.5. The van der Waals surface area contributed by atoms with E-state index in [0.29, 0.717) is 40.6 Å². The first-order chi connectivity index (χ1) is 15.0. The lowest BCUT2D eigenvalue weighted by molar-refractivity contribution is -0.132. The Morgan fingerprint density at radius 3 is 2.77 bits per heavy atom. The number of ketones is 1. The van der Waals surface area contributed by atoms with Crippen molar-refractivity contribution < 1.29 is 23.8 Å². The third kappa shape index (κ3) is 3.02. The van der Waals surface area contributed by atoms with Gasteiger partial charge in [0, 0.05) is 22.7 Å². The number of benzene rings is 2. The number of aliphatic hydroxyl groups excluding tert-OH is 1. The van der Waals surface area contributed by atoms with Gasteiger partial charge in [0.1, 0.15) is 23.3 Å². The molecule has 1 fully saturated rings. The van der Waals surface area contributed by atoms with Crippen LogP contribution in [0.4, 0.5) is 5.69 Å². The van der Waals surface area contributed by atoms with Gasteiger partial charge in [0.25, 0.3) is 11.7 Å². The molecule has 0 bridgehead atoms. The third-order valence-electron chi connectivity index (χ3n) is 5.72. The number of Topliss-reactive ketones (excluding diaryl/α,β-unsaturated/α-hetero) is 1. The van der Waals surface area contributed by atoms with Crippen LogP contribution >= 0.6 is 11.6 Å². The minimum absolute atomic E-state index is 0.0295. The molecular formula is C24H18ClNO5. The first kappa shape index (κ1) is 19.5. The van der Waals surface area contributed by atoms with E-state index in [4.69, 9.17) is 20.8 Å². The Balaban J connectivity index is 1.71. The Morgan fingerprint density at radius 1 is 1.16 bits per heavy atom. The molecule has 2 aliphatic rings. The molecule has 1 saturated heterocycles. The van der Waals surface area contributed by atoms with Crippen molar-refractivity contribution in [1.82, 2.24) is 0 Å². The van der Waals surface area contributed by atoms with Gasteiger partial charge in [0.15, 0.2) is 0 Å². The van der Waals surface area contributed by atoms with Gasteiger partial charge in [-0.3, -0.25) is 14.5 Å². The van der Waals surface area contributed by atoms with Crippen LogP contribution in [0, 0.1) is 6.92 Å². The van der Waals surface area contributed by atoms with Crippen LogP contribution in [0.3, 0.4) is 0 Å². The number of nitrogens with zero attached hydrogens (tertiary/aromatic N) is 1. The Morgan fingerprint density at radius 2 is 2.00 bits per heavy atom. The van der Waals surface area contributed by atoms with Gasteiger partial charge in [-0.2, -0.15) is 0 Å². The maximum atomic E-state index is 13.1. The van der Waals surface area contributed by atoms with Crippen LogP contribution in [0.15, 0.2) is 64.8 Å².